The average molecular weight is 367 g/mol. The predicted molar refractivity (Wildman–Crippen MR) is 113 cm³/mol. The SMILES string of the molecule is CN/C(=N\C(=N)NC(C)(C)CC(C)(C)C)NC1CC(C)(C)NC(C)(C)C1. The fourth-order valence-corrected chi connectivity index (χ4v) is 4.61. The van der Waals surface area contributed by atoms with E-state index < -0.39 is 0 Å². The van der Waals surface area contributed by atoms with Gasteiger partial charge < -0.3 is 21.3 Å². The molecule has 26 heavy (non-hydrogen) atoms. The molecule has 1 aliphatic rings. The number of aliphatic imine (C=N–C) groups is 1. The molecule has 0 aromatic carbocycles. The van der Waals surface area contributed by atoms with Crippen molar-refractivity contribution in [2.45, 2.75) is 104 Å². The number of nitrogens with zero attached hydrogens (tertiary/aromatic N) is 1. The van der Waals surface area contributed by atoms with Crippen molar-refractivity contribution in [2.75, 3.05) is 7.05 Å². The zero-order valence-electron chi connectivity index (χ0n) is 18.6. The van der Waals surface area contributed by atoms with Crippen LogP contribution in [0.15, 0.2) is 4.99 Å². The third-order valence-corrected chi connectivity index (χ3v) is 4.42. The molecule has 0 saturated carbocycles. The number of rotatable bonds is 3. The van der Waals surface area contributed by atoms with Gasteiger partial charge in [-0.25, -0.2) is 0 Å². The molecule has 5 N–H and O–H groups in total. The fourth-order valence-electron chi connectivity index (χ4n) is 4.61. The first kappa shape index (κ1) is 22.7. The number of guanidine groups is 2. The van der Waals surface area contributed by atoms with E-state index >= 15 is 0 Å². The van der Waals surface area contributed by atoms with Crippen molar-refractivity contribution in [3.63, 3.8) is 0 Å². The van der Waals surface area contributed by atoms with Crippen LogP contribution in [-0.4, -0.2) is 41.6 Å². The lowest BCUT2D eigenvalue weighted by Crippen LogP contribution is -2.62. The van der Waals surface area contributed by atoms with E-state index in [0.717, 1.165) is 19.3 Å². The van der Waals surface area contributed by atoms with Crippen LogP contribution < -0.4 is 21.3 Å². The molecule has 6 heteroatoms. The highest BCUT2D eigenvalue weighted by molar-refractivity contribution is 5.93. The highest BCUT2D eigenvalue weighted by Gasteiger charge is 2.38. The van der Waals surface area contributed by atoms with E-state index in [9.17, 15) is 0 Å². The van der Waals surface area contributed by atoms with Crippen LogP contribution in [0.5, 0.6) is 0 Å². The minimum atomic E-state index is -0.184. The first-order chi connectivity index (χ1) is 11.5. The Morgan fingerprint density at radius 3 is 2.00 bits per heavy atom. The second kappa shape index (κ2) is 7.75. The van der Waals surface area contributed by atoms with Crippen LogP contribution in [0.25, 0.3) is 0 Å². The molecule has 0 spiro atoms. The van der Waals surface area contributed by atoms with Crippen LogP contribution in [-0.2, 0) is 0 Å². The van der Waals surface area contributed by atoms with E-state index in [4.69, 9.17) is 5.41 Å². The zero-order chi connectivity index (χ0) is 20.4. The van der Waals surface area contributed by atoms with Crippen LogP contribution in [0.2, 0.25) is 0 Å². The van der Waals surface area contributed by atoms with Crippen LogP contribution >= 0.6 is 0 Å². The molecule has 0 bridgehead atoms. The molecular weight excluding hydrogens is 324 g/mol. The van der Waals surface area contributed by atoms with Gasteiger partial charge in [-0.2, -0.15) is 4.99 Å². The summed E-state index contributed by atoms with van der Waals surface area (Å²) in [5, 5.41) is 21.8. The summed E-state index contributed by atoms with van der Waals surface area (Å²) in [5.74, 6) is 0.830. The number of hydrogen-bond donors (Lipinski definition) is 5. The van der Waals surface area contributed by atoms with Crippen molar-refractivity contribution in [2.24, 2.45) is 10.4 Å². The summed E-state index contributed by atoms with van der Waals surface area (Å²) in [5.41, 5.74) is 0.144. The molecular formula is C20H42N6. The molecule has 1 heterocycles. The van der Waals surface area contributed by atoms with Crippen molar-refractivity contribution in [3.05, 3.63) is 0 Å². The summed E-state index contributed by atoms with van der Waals surface area (Å²) in [6.07, 6.45) is 2.97. The second-order valence-electron chi connectivity index (χ2n) is 10.9. The lowest BCUT2D eigenvalue weighted by molar-refractivity contribution is 0.155. The molecule has 0 aliphatic carbocycles. The fraction of sp³-hybridized carbons (Fsp3) is 0.900. The quantitative estimate of drug-likeness (QED) is 0.392. The van der Waals surface area contributed by atoms with E-state index in [1.54, 1.807) is 0 Å². The first-order valence-electron chi connectivity index (χ1n) is 9.72. The van der Waals surface area contributed by atoms with Crippen molar-refractivity contribution >= 4 is 11.9 Å². The van der Waals surface area contributed by atoms with Gasteiger partial charge in [0.15, 0.2) is 5.96 Å². The van der Waals surface area contributed by atoms with Crippen LogP contribution in [0, 0.1) is 10.8 Å². The molecule has 0 atom stereocenters. The molecule has 152 valence electrons. The van der Waals surface area contributed by atoms with Crippen molar-refractivity contribution < 1.29 is 0 Å². The van der Waals surface area contributed by atoms with Crippen LogP contribution in [0.3, 0.4) is 0 Å². The van der Waals surface area contributed by atoms with E-state index in [1.165, 1.54) is 0 Å². The normalized spacial score (nSPS) is 21.2. The second-order valence-corrected chi connectivity index (χ2v) is 10.9. The number of hydrogen-bond acceptors (Lipinski definition) is 2. The lowest BCUT2D eigenvalue weighted by Gasteiger charge is -2.46. The van der Waals surface area contributed by atoms with Gasteiger partial charge in [-0.1, -0.05) is 20.8 Å². The Bertz CT molecular complexity index is 509. The summed E-state index contributed by atoms with van der Waals surface area (Å²) in [6, 6.07) is 0.308. The van der Waals surface area contributed by atoms with Crippen LogP contribution in [0.4, 0.5) is 0 Å². The van der Waals surface area contributed by atoms with Gasteiger partial charge in [-0.3, -0.25) is 5.41 Å². The maximum absolute atomic E-state index is 8.27. The zero-order valence-corrected chi connectivity index (χ0v) is 18.6. The van der Waals surface area contributed by atoms with Crippen LogP contribution in [0.1, 0.15) is 81.6 Å². The molecule has 0 amide bonds. The van der Waals surface area contributed by atoms with Crippen molar-refractivity contribution in [1.29, 1.82) is 5.41 Å². The highest BCUT2D eigenvalue weighted by Crippen LogP contribution is 2.28. The molecule has 0 radical (unpaired) electrons. The van der Waals surface area contributed by atoms with E-state index in [2.05, 4.69) is 88.6 Å². The Kier molecular flexibility index (Phi) is 6.78. The highest BCUT2D eigenvalue weighted by atomic mass is 15.2. The summed E-state index contributed by atoms with van der Waals surface area (Å²) in [6.45, 7) is 19.8. The molecule has 0 aromatic rings. The summed E-state index contributed by atoms with van der Waals surface area (Å²) < 4.78 is 0. The molecule has 0 unspecified atom stereocenters. The third-order valence-electron chi connectivity index (χ3n) is 4.42. The molecule has 0 aromatic heterocycles. The summed E-state index contributed by atoms with van der Waals surface area (Å²) in [7, 11) is 1.84. The van der Waals surface area contributed by atoms with Gasteiger partial charge >= 0.3 is 0 Å². The lowest BCUT2D eigenvalue weighted by atomic mass is 9.80. The maximum atomic E-state index is 8.27. The molecule has 1 aliphatic heterocycles. The third kappa shape index (κ3) is 8.39. The van der Waals surface area contributed by atoms with Gasteiger partial charge in [0.2, 0.25) is 5.96 Å². The number of piperidine rings is 1. The Labute approximate surface area is 160 Å². The van der Waals surface area contributed by atoms with Gasteiger partial charge in [-0.05, 0) is 66.2 Å². The Morgan fingerprint density at radius 1 is 1.08 bits per heavy atom. The van der Waals surface area contributed by atoms with E-state index in [1.807, 2.05) is 7.05 Å². The van der Waals surface area contributed by atoms with E-state index in [0.29, 0.717) is 12.0 Å². The van der Waals surface area contributed by atoms with Crippen molar-refractivity contribution in [1.82, 2.24) is 21.3 Å². The van der Waals surface area contributed by atoms with Gasteiger partial charge in [0, 0.05) is 29.7 Å². The smallest absolute Gasteiger partial charge is 0.218 e. The summed E-state index contributed by atoms with van der Waals surface area (Å²) >= 11 is 0. The molecule has 6 nitrogen and oxygen atoms in total. The van der Waals surface area contributed by atoms with Gasteiger partial charge in [0.25, 0.3) is 0 Å². The van der Waals surface area contributed by atoms with Gasteiger partial charge in [-0.15, -0.1) is 0 Å². The average Bonchev–Trinajstić information content (AvgIpc) is 2.29. The first-order valence-corrected chi connectivity index (χ1v) is 9.72. The minimum absolute atomic E-state index is 0.0682. The Morgan fingerprint density at radius 2 is 1.58 bits per heavy atom. The monoisotopic (exact) mass is 366 g/mol. The van der Waals surface area contributed by atoms with Gasteiger partial charge in [0.1, 0.15) is 0 Å². The summed E-state index contributed by atoms with van der Waals surface area (Å²) in [4.78, 5) is 4.45. The minimum Gasteiger partial charge on any atom is -0.359 e. The Hall–Kier alpha value is -1.30. The van der Waals surface area contributed by atoms with E-state index in [-0.39, 0.29) is 28.0 Å². The van der Waals surface area contributed by atoms with Crippen molar-refractivity contribution in [3.8, 4) is 0 Å². The van der Waals surface area contributed by atoms with Gasteiger partial charge in [0.05, 0.1) is 0 Å². The Balaban J connectivity index is 2.77. The largest absolute Gasteiger partial charge is 0.359 e. The topological polar surface area (TPSA) is 84.3 Å². The molecule has 1 fully saturated rings. The number of nitrogens with one attached hydrogen (secondary N) is 5. The standard InChI is InChI=1S/C20H42N6/c1-17(2,3)13-20(8,9)25-15(21)24-16(22-10)23-14-11-18(4,5)26-19(6,7)12-14/h14,26H,11-13H2,1-10H3,(H4,21,22,23,24,25). The molecule has 1 saturated heterocycles. The molecule has 1 rings (SSSR count). The predicted octanol–water partition coefficient (Wildman–Crippen LogP) is 3.20. The maximum Gasteiger partial charge on any atom is 0.218 e.